The normalized spacial score (nSPS) is 14.8. The Morgan fingerprint density at radius 2 is 1.56 bits per heavy atom. The van der Waals surface area contributed by atoms with Crippen LogP contribution in [0.2, 0.25) is 0 Å². The van der Waals surface area contributed by atoms with E-state index >= 15 is 0 Å². The molecule has 1 heterocycles. The zero-order valence-corrected chi connectivity index (χ0v) is 20.0. The van der Waals surface area contributed by atoms with E-state index in [1.54, 1.807) is 0 Å². The number of hydrogen-bond donors (Lipinski definition) is 1. The zero-order chi connectivity index (χ0) is 23.6. The van der Waals surface area contributed by atoms with Crippen LogP contribution in [0, 0.1) is 0 Å². The van der Waals surface area contributed by atoms with Crippen molar-refractivity contribution >= 4 is 11.8 Å². The van der Waals surface area contributed by atoms with Crippen LogP contribution in [0.15, 0.2) is 84.9 Å². The Kier molecular flexibility index (Phi) is 8.71. The molecule has 5 heteroatoms. The maximum Gasteiger partial charge on any atom is 0.411 e. The van der Waals surface area contributed by atoms with Gasteiger partial charge in [0.05, 0.1) is 5.69 Å². The fraction of sp³-hybridized carbons (Fsp3) is 0.345. The molecule has 1 aliphatic heterocycles. The maximum absolute atomic E-state index is 12.6. The van der Waals surface area contributed by atoms with E-state index < -0.39 is 0 Å². The number of carbonyl (C=O) groups excluding carboxylic acids is 1. The van der Waals surface area contributed by atoms with Crippen molar-refractivity contribution in [3.8, 4) is 11.1 Å². The number of amides is 1. The first-order valence-corrected chi connectivity index (χ1v) is 12.2. The second-order valence-electron chi connectivity index (χ2n) is 9.02. The molecule has 0 atom stereocenters. The van der Waals surface area contributed by atoms with Crippen molar-refractivity contribution in [1.29, 1.82) is 0 Å². The van der Waals surface area contributed by atoms with Gasteiger partial charge in [0.25, 0.3) is 0 Å². The summed E-state index contributed by atoms with van der Waals surface area (Å²) in [7, 11) is 2.19. The van der Waals surface area contributed by atoms with E-state index in [9.17, 15) is 4.79 Å². The van der Waals surface area contributed by atoms with Crippen LogP contribution in [0.5, 0.6) is 0 Å². The second-order valence-corrected chi connectivity index (χ2v) is 9.02. The van der Waals surface area contributed by atoms with E-state index in [0.29, 0.717) is 0 Å². The third-order valence-corrected chi connectivity index (χ3v) is 6.48. The standard InChI is InChI=1S/C29H35N3O2/c1-31(19-16-24-10-4-2-5-11-24)22-23-32-20-17-26(18-21-32)34-29(33)30-28-15-9-8-14-27(28)25-12-6-3-7-13-25/h2-15,26H,16-23H2,1H3,(H,30,33). The molecule has 0 bridgehead atoms. The number of carbonyl (C=O) groups is 1. The van der Waals surface area contributed by atoms with Gasteiger partial charge in [-0.05, 0) is 43.5 Å². The molecule has 3 aromatic carbocycles. The molecule has 178 valence electrons. The average molecular weight is 458 g/mol. The molecule has 0 unspecified atom stereocenters. The summed E-state index contributed by atoms with van der Waals surface area (Å²) < 4.78 is 5.76. The van der Waals surface area contributed by atoms with E-state index in [1.807, 2.05) is 54.6 Å². The Hall–Kier alpha value is -3.15. The van der Waals surface area contributed by atoms with Gasteiger partial charge in [-0.3, -0.25) is 5.32 Å². The molecule has 3 aromatic rings. The summed E-state index contributed by atoms with van der Waals surface area (Å²) in [6.07, 6.45) is 2.43. The number of ether oxygens (including phenoxy) is 1. The average Bonchev–Trinajstić information content (AvgIpc) is 2.88. The lowest BCUT2D eigenvalue weighted by Gasteiger charge is -2.32. The van der Waals surface area contributed by atoms with Gasteiger partial charge in [-0.1, -0.05) is 78.9 Å². The lowest BCUT2D eigenvalue weighted by molar-refractivity contribution is 0.0566. The van der Waals surface area contributed by atoms with Crippen molar-refractivity contribution in [2.75, 3.05) is 45.1 Å². The van der Waals surface area contributed by atoms with E-state index in [1.165, 1.54) is 5.56 Å². The number of piperidine rings is 1. The topological polar surface area (TPSA) is 44.8 Å². The van der Waals surface area contributed by atoms with E-state index in [2.05, 4.69) is 52.5 Å². The van der Waals surface area contributed by atoms with Gasteiger partial charge in [-0.2, -0.15) is 0 Å². The third kappa shape index (κ3) is 7.17. The number of likely N-dealkylation sites (tertiary alicyclic amines) is 1. The van der Waals surface area contributed by atoms with Gasteiger partial charge in [0.1, 0.15) is 6.10 Å². The molecule has 0 aromatic heterocycles. The lowest BCUT2D eigenvalue weighted by Crippen LogP contribution is -2.42. The number of likely N-dealkylation sites (N-methyl/N-ethyl adjacent to an activating group) is 1. The smallest absolute Gasteiger partial charge is 0.411 e. The lowest BCUT2D eigenvalue weighted by atomic mass is 10.0. The molecule has 0 radical (unpaired) electrons. The summed E-state index contributed by atoms with van der Waals surface area (Å²) in [4.78, 5) is 17.5. The van der Waals surface area contributed by atoms with Crippen LogP contribution in [-0.2, 0) is 11.2 Å². The first-order chi connectivity index (χ1) is 16.7. The first kappa shape index (κ1) is 24.0. The van der Waals surface area contributed by atoms with Gasteiger partial charge in [0, 0.05) is 38.3 Å². The minimum Gasteiger partial charge on any atom is -0.446 e. The monoisotopic (exact) mass is 457 g/mol. The van der Waals surface area contributed by atoms with Crippen molar-refractivity contribution in [2.24, 2.45) is 0 Å². The van der Waals surface area contributed by atoms with Gasteiger partial charge in [-0.15, -0.1) is 0 Å². The summed E-state index contributed by atoms with van der Waals surface area (Å²) in [5.41, 5.74) is 4.22. The number of nitrogens with one attached hydrogen (secondary N) is 1. The highest BCUT2D eigenvalue weighted by Gasteiger charge is 2.22. The van der Waals surface area contributed by atoms with Crippen LogP contribution in [0.25, 0.3) is 11.1 Å². The minimum absolute atomic E-state index is 0.0315. The molecule has 0 aliphatic carbocycles. The van der Waals surface area contributed by atoms with Gasteiger partial charge in [0.15, 0.2) is 0 Å². The van der Waals surface area contributed by atoms with Crippen LogP contribution < -0.4 is 5.32 Å². The molecule has 1 saturated heterocycles. The highest BCUT2D eigenvalue weighted by molar-refractivity contribution is 5.91. The van der Waals surface area contributed by atoms with Crippen LogP contribution in [0.1, 0.15) is 18.4 Å². The van der Waals surface area contributed by atoms with Gasteiger partial charge in [0.2, 0.25) is 0 Å². The van der Waals surface area contributed by atoms with Crippen LogP contribution in [0.3, 0.4) is 0 Å². The molecule has 0 spiro atoms. The Balaban J connectivity index is 1.17. The van der Waals surface area contributed by atoms with Crippen molar-refractivity contribution in [1.82, 2.24) is 9.80 Å². The Labute approximate surface area is 203 Å². The predicted octanol–water partition coefficient (Wildman–Crippen LogP) is 5.54. The molecule has 5 nitrogen and oxygen atoms in total. The number of rotatable bonds is 9. The van der Waals surface area contributed by atoms with E-state index in [0.717, 1.165) is 68.8 Å². The first-order valence-electron chi connectivity index (χ1n) is 12.2. The number of nitrogens with zero attached hydrogens (tertiary/aromatic N) is 2. The molecule has 1 amide bonds. The van der Waals surface area contributed by atoms with Gasteiger partial charge in [-0.25, -0.2) is 4.79 Å². The summed E-state index contributed by atoms with van der Waals surface area (Å²) in [5, 5.41) is 2.95. The highest BCUT2D eigenvalue weighted by atomic mass is 16.6. The van der Waals surface area contributed by atoms with Gasteiger partial charge >= 0.3 is 6.09 Å². The van der Waals surface area contributed by atoms with Crippen molar-refractivity contribution < 1.29 is 9.53 Å². The van der Waals surface area contributed by atoms with Crippen LogP contribution in [-0.4, -0.2) is 61.8 Å². The summed E-state index contributed by atoms with van der Waals surface area (Å²) >= 11 is 0. The maximum atomic E-state index is 12.6. The molecule has 34 heavy (non-hydrogen) atoms. The fourth-order valence-corrected chi connectivity index (χ4v) is 4.39. The van der Waals surface area contributed by atoms with Crippen LogP contribution >= 0.6 is 0 Å². The van der Waals surface area contributed by atoms with E-state index in [4.69, 9.17) is 4.74 Å². The minimum atomic E-state index is -0.373. The summed E-state index contributed by atoms with van der Waals surface area (Å²) in [5.74, 6) is 0. The van der Waals surface area contributed by atoms with E-state index in [-0.39, 0.29) is 12.2 Å². The molecule has 1 aliphatic rings. The fourth-order valence-electron chi connectivity index (χ4n) is 4.39. The van der Waals surface area contributed by atoms with Crippen molar-refractivity contribution in [3.05, 3.63) is 90.5 Å². The molecule has 1 N–H and O–H groups in total. The SMILES string of the molecule is CN(CCc1ccccc1)CCN1CCC(OC(=O)Nc2ccccc2-c2ccccc2)CC1. The van der Waals surface area contributed by atoms with Crippen molar-refractivity contribution in [3.63, 3.8) is 0 Å². The van der Waals surface area contributed by atoms with Crippen molar-refractivity contribution in [2.45, 2.75) is 25.4 Å². The van der Waals surface area contributed by atoms with Crippen LogP contribution in [0.4, 0.5) is 10.5 Å². The second kappa shape index (κ2) is 12.4. The zero-order valence-electron chi connectivity index (χ0n) is 20.0. The predicted molar refractivity (Wildman–Crippen MR) is 139 cm³/mol. The van der Waals surface area contributed by atoms with Gasteiger partial charge < -0.3 is 14.5 Å². The Morgan fingerprint density at radius 3 is 2.29 bits per heavy atom. The quantitative estimate of drug-likeness (QED) is 0.458. The number of anilines is 1. The molecular weight excluding hydrogens is 422 g/mol. The number of hydrogen-bond acceptors (Lipinski definition) is 4. The number of para-hydroxylation sites is 1. The molecular formula is C29H35N3O2. The highest BCUT2D eigenvalue weighted by Crippen LogP contribution is 2.28. The summed E-state index contributed by atoms with van der Waals surface area (Å²) in [6, 6.07) is 28.6. The Morgan fingerprint density at radius 1 is 0.912 bits per heavy atom. The third-order valence-electron chi connectivity index (χ3n) is 6.48. The molecule has 4 rings (SSSR count). The summed E-state index contributed by atoms with van der Waals surface area (Å²) in [6.45, 7) is 5.09. The molecule has 1 fully saturated rings. The Bertz CT molecular complexity index is 1020. The number of benzene rings is 3. The molecule has 0 saturated carbocycles. The largest absolute Gasteiger partial charge is 0.446 e.